The number of rotatable bonds is 11. The van der Waals surface area contributed by atoms with Gasteiger partial charge in [0.25, 0.3) is 5.56 Å². The number of H-pyrrole nitrogens is 1. The molecule has 5 rings (SSSR count). The minimum Gasteiger partial charge on any atom is -0.361 e. The Morgan fingerprint density at radius 3 is 2.63 bits per heavy atom. The molecule has 0 saturated heterocycles. The maximum absolute atomic E-state index is 14.4. The van der Waals surface area contributed by atoms with Crippen molar-refractivity contribution >= 4 is 58.1 Å². The van der Waals surface area contributed by atoms with E-state index in [0.29, 0.717) is 50.6 Å². The van der Waals surface area contributed by atoms with Crippen molar-refractivity contribution in [1.29, 1.82) is 0 Å². The van der Waals surface area contributed by atoms with E-state index in [0.717, 1.165) is 33.3 Å². The summed E-state index contributed by atoms with van der Waals surface area (Å²) < 4.78 is 10.7. The van der Waals surface area contributed by atoms with Crippen molar-refractivity contribution in [2.75, 3.05) is 6.61 Å². The monoisotopic (exact) mass is 610 g/mol. The minimum absolute atomic E-state index is 0.151. The van der Waals surface area contributed by atoms with E-state index in [4.69, 9.17) is 4.74 Å². The van der Waals surface area contributed by atoms with Gasteiger partial charge in [-0.15, -0.1) is 16.4 Å². The van der Waals surface area contributed by atoms with Gasteiger partial charge < -0.3 is 9.30 Å². The van der Waals surface area contributed by atoms with Gasteiger partial charge in [-0.05, 0) is 29.8 Å². The molecule has 0 bridgehead atoms. The third-order valence-electron chi connectivity index (χ3n) is 6.73. The smallest absolute Gasteiger partial charge is 0.331 e. The molecule has 10 nitrogen and oxygen atoms in total. The number of nitrogens with one attached hydrogen (secondary N) is 1. The molecule has 216 valence electrons. The number of ether oxygens (including phenoxy) is 1. The average Bonchev–Trinajstić information content (AvgIpc) is 3.65. The van der Waals surface area contributed by atoms with E-state index in [1.54, 1.807) is 4.57 Å². The number of carbonyl (C=O) groups excluding carboxylic acids is 1. The van der Waals surface area contributed by atoms with Gasteiger partial charge in [0.2, 0.25) is 10.9 Å². The fourth-order valence-electron chi connectivity index (χ4n) is 4.61. The molecule has 0 spiro atoms. The molecule has 1 N–H and O–H groups in total. The second kappa shape index (κ2) is 11.5. The van der Waals surface area contributed by atoms with Crippen LogP contribution < -0.4 is 11.2 Å². The van der Waals surface area contributed by atoms with Gasteiger partial charge in [0.1, 0.15) is 17.9 Å². The Morgan fingerprint density at radius 1 is 1.20 bits per heavy atom. The van der Waals surface area contributed by atoms with E-state index in [2.05, 4.69) is 34.8 Å². The van der Waals surface area contributed by atoms with Crippen LogP contribution in [-0.2, 0) is 25.1 Å². The Morgan fingerprint density at radius 2 is 1.95 bits per heavy atom. The molecule has 13 heteroatoms. The third-order valence-corrected chi connectivity index (χ3v) is 10.8. The van der Waals surface area contributed by atoms with Crippen LogP contribution in [0.3, 0.4) is 0 Å². The standard InChI is InChI=1S/C28H34N6O4S2Si/c1-17(2)13-34-26-21(25(36)32(3)28(34)37)23(40-27-29-15-30-31-27)24(39-26)22(35)19-14-33(16-38-11-12-41(4,5)6)20-10-8-7-9-18(19)20/h7-10,14-15,17H,11-13,16H2,1-6H3,(H,29,30,31). The number of ketones is 1. The second-order valence-corrected chi connectivity index (χ2v) is 19.3. The molecule has 0 aliphatic heterocycles. The van der Waals surface area contributed by atoms with Crippen LogP contribution in [0.25, 0.3) is 21.1 Å². The number of carbonyl (C=O) groups is 1. The molecule has 0 aliphatic rings. The number of aromatic nitrogens is 6. The average molecular weight is 611 g/mol. The first kappa shape index (κ1) is 29.2. The summed E-state index contributed by atoms with van der Waals surface area (Å²) in [5, 5.41) is 8.34. The SMILES string of the molecule is CC(C)Cn1c(=O)n(C)c(=O)c2c(Sc3nc[nH]n3)c(C(=O)c3cn(COCC[Si](C)(C)C)c4ccccc34)sc21. The quantitative estimate of drug-likeness (QED) is 0.124. The third kappa shape index (κ3) is 5.89. The maximum Gasteiger partial charge on any atom is 0.331 e. The summed E-state index contributed by atoms with van der Waals surface area (Å²) in [6.45, 7) is 12.4. The van der Waals surface area contributed by atoms with Crippen LogP contribution in [0.15, 0.2) is 56.4 Å². The van der Waals surface area contributed by atoms with Gasteiger partial charge in [0.15, 0.2) is 0 Å². The first-order valence-corrected chi connectivity index (χ1v) is 18.8. The summed E-state index contributed by atoms with van der Waals surface area (Å²) in [5.74, 6) is -0.0791. The number of para-hydroxylation sites is 1. The van der Waals surface area contributed by atoms with E-state index >= 15 is 0 Å². The highest BCUT2D eigenvalue weighted by Gasteiger charge is 2.29. The topological polar surface area (TPSA) is 117 Å². The summed E-state index contributed by atoms with van der Waals surface area (Å²) in [4.78, 5) is 46.6. The first-order valence-electron chi connectivity index (χ1n) is 13.5. The minimum atomic E-state index is -1.24. The summed E-state index contributed by atoms with van der Waals surface area (Å²) in [6, 6.07) is 8.78. The van der Waals surface area contributed by atoms with Crippen molar-refractivity contribution in [2.24, 2.45) is 13.0 Å². The van der Waals surface area contributed by atoms with E-state index in [9.17, 15) is 14.4 Å². The fourth-order valence-corrected chi connectivity index (χ4v) is 7.69. The Hall–Kier alpha value is -3.26. The van der Waals surface area contributed by atoms with Crippen LogP contribution in [0, 0.1) is 5.92 Å². The highest BCUT2D eigenvalue weighted by atomic mass is 32.2. The van der Waals surface area contributed by atoms with E-state index in [-0.39, 0.29) is 11.7 Å². The molecule has 0 radical (unpaired) electrons. The number of fused-ring (bicyclic) bond motifs is 2. The van der Waals surface area contributed by atoms with Crippen molar-refractivity contribution in [2.45, 2.75) is 62.9 Å². The Balaban J connectivity index is 1.66. The predicted molar refractivity (Wildman–Crippen MR) is 166 cm³/mol. The van der Waals surface area contributed by atoms with Crippen molar-refractivity contribution in [3.05, 3.63) is 68.1 Å². The first-order chi connectivity index (χ1) is 19.5. The number of nitrogens with zero attached hydrogens (tertiary/aromatic N) is 5. The van der Waals surface area contributed by atoms with Gasteiger partial charge in [-0.2, -0.15) is 0 Å². The highest BCUT2D eigenvalue weighted by molar-refractivity contribution is 7.99. The largest absolute Gasteiger partial charge is 0.361 e. The Bertz CT molecular complexity index is 1840. The van der Waals surface area contributed by atoms with Crippen LogP contribution in [0.1, 0.15) is 29.1 Å². The zero-order valence-corrected chi connectivity index (χ0v) is 26.7. The highest BCUT2D eigenvalue weighted by Crippen LogP contribution is 2.40. The lowest BCUT2D eigenvalue weighted by Gasteiger charge is -2.15. The molecule has 1 aromatic carbocycles. The molecule has 0 unspecified atom stereocenters. The number of hydrogen-bond donors (Lipinski definition) is 1. The molecule has 0 aliphatic carbocycles. The Kier molecular flexibility index (Phi) is 8.24. The van der Waals surface area contributed by atoms with Crippen LogP contribution in [0.2, 0.25) is 25.7 Å². The number of aromatic amines is 1. The summed E-state index contributed by atoms with van der Waals surface area (Å²) in [5.41, 5.74) is 0.544. The van der Waals surface area contributed by atoms with Crippen LogP contribution >= 0.6 is 23.1 Å². The molecule has 5 aromatic rings. The zero-order chi connectivity index (χ0) is 29.5. The van der Waals surface area contributed by atoms with Crippen molar-refractivity contribution in [3.63, 3.8) is 0 Å². The molecule has 41 heavy (non-hydrogen) atoms. The van der Waals surface area contributed by atoms with E-state index < -0.39 is 19.3 Å². The fraction of sp³-hybridized carbons (Fsp3) is 0.393. The predicted octanol–water partition coefficient (Wildman–Crippen LogP) is 5.19. The molecule has 4 aromatic heterocycles. The lowest BCUT2D eigenvalue weighted by Crippen LogP contribution is -2.38. The normalized spacial score (nSPS) is 12.3. The molecular weight excluding hydrogens is 577 g/mol. The van der Waals surface area contributed by atoms with Gasteiger partial charge in [-0.1, -0.05) is 51.7 Å². The number of thiophene rings is 1. The molecule has 4 heterocycles. The molecule has 0 saturated carbocycles. The molecular formula is C28H34N6O4S2Si. The van der Waals surface area contributed by atoms with Crippen LogP contribution in [-0.4, -0.2) is 49.3 Å². The maximum atomic E-state index is 14.4. The molecule has 0 amide bonds. The zero-order valence-electron chi connectivity index (χ0n) is 24.1. The summed E-state index contributed by atoms with van der Waals surface area (Å²) in [7, 11) is 0.232. The van der Waals surface area contributed by atoms with E-state index in [1.165, 1.54) is 24.7 Å². The van der Waals surface area contributed by atoms with Crippen LogP contribution in [0.4, 0.5) is 0 Å². The van der Waals surface area contributed by atoms with Crippen LogP contribution in [0.5, 0.6) is 0 Å². The van der Waals surface area contributed by atoms with Gasteiger partial charge in [0.05, 0.1) is 20.7 Å². The lowest BCUT2D eigenvalue weighted by atomic mass is 10.1. The molecule has 0 atom stereocenters. The van der Waals surface area contributed by atoms with Gasteiger partial charge in [-0.25, -0.2) is 9.78 Å². The summed E-state index contributed by atoms with van der Waals surface area (Å²) in [6.07, 6.45) is 3.27. The molecule has 0 fully saturated rings. The van der Waals surface area contributed by atoms with Gasteiger partial charge >= 0.3 is 5.69 Å². The second-order valence-electron chi connectivity index (χ2n) is 11.7. The van der Waals surface area contributed by atoms with Gasteiger partial charge in [0, 0.05) is 45.4 Å². The van der Waals surface area contributed by atoms with Crippen molar-refractivity contribution in [3.8, 4) is 0 Å². The van der Waals surface area contributed by atoms with E-state index in [1.807, 2.05) is 48.9 Å². The van der Waals surface area contributed by atoms with Gasteiger partial charge in [-0.3, -0.25) is 23.8 Å². The Labute approximate surface area is 246 Å². The number of hydrogen-bond acceptors (Lipinski definition) is 8. The number of benzene rings is 1. The lowest BCUT2D eigenvalue weighted by molar-refractivity contribution is 0.0899. The van der Waals surface area contributed by atoms with Crippen molar-refractivity contribution in [1.82, 2.24) is 28.9 Å². The summed E-state index contributed by atoms with van der Waals surface area (Å²) >= 11 is 2.32. The van der Waals surface area contributed by atoms with Crippen molar-refractivity contribution < 1.29 is 9.53 Å².